The summed E-state index contributed by atoms with van der Waals surface area (Å²) in [4.78, 5) is 23.4. The van der Waals surface area contributed by atoms with Gasteiger partial charge in [-0.25, -0.2) is 0 Å². The van der Waals surface area contributed by atoms with Gasteiger partial charge < -0.3 is 0 Å². The first-order chi connectivity index (χ1) is 13.3. The molecule has 1 saturated carbocycles. The van der Waals surface area contributed by atoms with Crippen LogP contribution in [-0.4, -0.2) is 12.6 Å². The number of carbonyl (C=O) groups excluding carboxylic acids is 2. The minimum Gasteiger partial charge on any atom is -0.298 e. The van der Waals surface area contributed by atoms with Gasteiger partial charge >= 0.3 is 0 Å². The highest BCUT2D eigenvalue weighted by atomic mass is 16.1. The fourth-order valence-electron chi connectivity index (χ4n) is 4.37. The van der Waals surface area contributed by atoms with Crippen molar-refractivity contribution in [3.63, 3.8) is 0 Å². The lowest BCUT2D eigenvalue weighted by molar-refractivity contribution is 0.112. The van der Waals surface area contributed by atoms with Gasteiger partial charge in [-0.2, -0.15) is 0 Å². The Morgan fingerprint density at radius 1 is 0.630 bits per heavy atom. The SMILES string of the molecule is O=Cc1cccc(C=O)c1-c1ccccc1-c1ccccc1C1CCCC1. The lowest BCUT2D eigenvalue weighted by atomic mass is 9.84. The second kappa shape index (κ2) is 7.71. The fourth-order valence-corrected chi connectivity index (χ4v) is 4.37. The second-order valence-corrected chi connectivity index (χ2v) is 7.16. The standard InChI is InChI=1S/C25H22O2/c26-16-19-10-7-11-20(17-27)25(19)24-15-6-5-14-23(24)22-13-4-3-12-21(22)18-8-1-2-9-18/h3-7,10-18H,1-2,8-9H2. The third-order valence-corrected chi connectivity index (χ3v) is 5.63. The molecule has 0 bridgehead atoms. The number of benzene rings is 3. The van der Waals surface area contributed by atoms with Crippen molar-refractivity contribution in [2.45, 2.75) is 31.6 Å². The zero-order valence-electron chi connectivity index (χ0n) is 15.2. The molecule has 134 valence electrons. The van der Waals surface area contributed by atoms with Crippen LogP contribution in [0, 0.1) is 0 Å². The zero-order valence-corrected chi connectivity index (χ0v) is 15.2. The van der Waals surface area contributed by atoms with Crippen LogP contribution in [0.4, 0.5) is 0 Å². The van der Waals surface area contributed by atoms with Crippen LogP contribution < -0.4 is 0 Å². The molecule has 0 amide bonds. The van der Waals surface area contributed by atoms with Crippen molar-refractivity contribution in [2.75, 3.05) is 0 Å². The van der Waals surface area contributed by atoms with Crippen molar-refractivity contribution in [1.29, 1.82) is 0 Å². The molecule has 0 spiro atoms. The third kappa shape index (κ3) is 3.23. The first-order valence-electron chi connectivity index (χ1n) is 9.55. The maximum atomic E-state index is 11.7. The minimum absolute atomic E-state index is 0.547. The van der Waals surface area contributed by atoms with E-state index in [1.54, 1.807) is 18.2 Å². The van der Waals surface area contributed by atoms with E-state index in [1.165, 1.54) is 36.8 Å². The summed E-state index contributed by atoms with van der Waals surface area (Å²) in [6, 6.07) is 22.0. The Morgan fingerprint density at radius 2 is 1.19 bits per heavy atom. The van der Waals surface area contributed by atoms with E-state index in [9.17, 15) is 9.59 Å². The lowest BCUT2D eigenvalue weighted by Crippen LogP contribution is -1.99. The Hall–Kier alpha value is -3.00. The van der Waals surface area contributed by atoms with E-state index in [0.717, 1.165) is 29.3 Å². The third-order valence-electron chi connectivity index (χ3n) is 5.63. The van der Waals surface area contributed by atoms with Crippen molar-refractivity contribution in [2.24, 2.45) is 0 Å². The molecule has 0 atom stereocenters. The molecule has 0 saturated heterocycles. The fraction of sp³-hybridized carbons (Fsp3) is 0.200. The molecule has 1 fully saturated rings. The van der Waals surface area contributed by atoms with Gasteiger partial charge in [0.1, 0.15) is 0 Å². The van der Waals surface area contributed by atoms with Crippen molar-refractivity contribution in [1.82, 2.24) is 0 Å². The van der Waals surface area contributed by atoms with E-state index in [-0.39, 0.29) is 0 Å². The van der Waals surface area contributed by atoms with Crippen LogP contribution in [0.25, 0.3) is 22.3 Å². The Balaban J connectivity index is 1.95. The Kier molecular flexibility index (Phi) is 4.97. The summed E-state index contributed by atoms with van der Waals surface area (Å²) in [7, 11) is 0. The van der Waals surface area contributed by atoms with Crippen LogP contribution in [0.5, 0.6) is 0 Å². The normalized spacial score (nSPS) is 14.2. The molecule has 4 rings (SSSR count). The van der Waals surface area contributed by atoms with Crippen molar-refractivity contribution < 1.29 is 9.59 Å². The number of hydrogen-bond acceptors (Lipinski definition) is 2. The summed E-state index contributed by atoms with van der Waals surface area (Å²) in [5, 5.41) is 0. The van der Waals surface area contributed by atoms with Gasteiger partial charge in [0.25, 0.3) is 0 Å². The average Bonchev–Trinajstić information content (AvgIpc) is 3.28. The van der Waals surface area contributed by atoms with Gasteiger partial charge in [-0.15, -0.1) is 0 Å². The van der Waals surface area contributed by atoms with Crippen LogP contribution >= 0.6 is 0 Å². The number of hydrogen-bond donors (Lipinski definition) is 0. The summed E-state index contributed by atoms with van der Waals surface area (Å²) < 4.78 is 0. The van der Waals surface area contributed by atoms with Crippen LogP contribution in [0.1, 0.15) is 57.9 Å². The molecular formula is C25H22O2. The Morgan fingerprint density at radius 3 is 1.81 bits per heavy atom. The predicted molar refractivity (Wildman–Crippen MR) is 109 cm³/mol. The molecular weight excluding hydrogens is 332 g/mol. The molecule has 3 aromatic rings. The number of aldehydes is 2. The van der Waals surface area contributed by atoms with Gasteiger partial charge in [0.05, 0.1) is 0 Å². The molecule has 2 nitrogen and oxygen atoms in total. The van der Waals surface area contributed by atoms with Crippen LogP contribution in [0.3, 0.4) is 0 Å². The monoisotopic (exact) mass is 354 g/mol. The summed E-state index contributed by atoms with van der Waals surface area (Å²) >= 11 is 0. The summed E-state index contributed by atoms with van der Waals surface area (Å²) in [5.74, 6) is 0.584. The number of rotatable bonds is 5. The van der Waals surface area contributed by atoms with Crippen molar-refractivity contribution in [3.05, 3.63) is 83.4 Å². The molecule has 0 unspecified atom stereocenters. The maximum absolute atomic E-state index is 11.7. The first-order valence-corrected chi connectivity index (χ1v) is 9.55. The highest BCUT2D eigenvalue weighted by Crippen LogP contribution is 2.42. The van der Waals surface area contributed by atoms with Gasteiger partial charge in [0, 0.05) is 16.7 Å². The summed E-state index contributed by atoms with van der Waals surface area (Å²) in [6.07, 6.45) is 6.69. The minimum atomic E-state index is 0.547. The zero-order chi connectivity index (χ0) is 18.6. The van der Waals surface area contributed by atoms with Gasteiger partial charge in [-0.3, -0.25) is 9.59 Å². The van der Waals surface area contributed by atoms with Crippen LogP contribution in [-0.2, 0) is 0 Å². The van der Waals surface area contributed by atoms with Crippen LogP contribution in [0.15, 0.2) is 66.7 Å². The average molecular weight is 354 g/mol. The van der Waals surface area contributed by atoms with Gasteiger partial charge in [0.15, 0.2) is 12.6 Å². The molecule has 0 aliphatic heterocycles. The van der Waals surface area contributed by atoms with Crippen molar-refractivity contribution >= 4 is 12.6 Å². The highest BCUT2D eigenvalue weighted by Gasteiger charge is 2.22. The van der Waals surface area contributed by atoms with E-state index in [4.69, 9.17) is 0 Å². The van der Waals surface area contributed by atoms with Gasteiger partial charge in [0.2, 0.25) is 0 Å². The maximum Gasteiger partial charge on any atom is 0.150 e. The molecule has 3 aromatic carbocycles. The van der Waals surface area contributed by atoms with Crippen LogP contribution in [0.2, 0.25) is 0 Å². The molecule has 0 radical (unpaired) electrons. The van der Waals surface area contributed by atoms with E-state index in [2.05, 4.69) is 30.3 Å². The first kappa shape index (κ1) is 17.4. The lowest BCUT2D eigenvalue weighted by Gasteiger charge is -2.19. The van der Waals surface area contributed by atoms with E-state index in [1.807, 2.05) is 18.2 Å². The molecule has 1 aliphatic carbocycles. The quantitative estimate of drug-likeness (QED) is 0.504. The largest absolute Gasteiger partial charge is 0.298 e. The second-order valence-electron chi connectivity index (χ2n) is 7.16. The highest BCUT2D eigenvalue weighted by molar-refractivity contribution is 6.01. The molecule has 0 heterocycles. The smallest absolute Gasteiger partial charge is 0.150 e. The van der Waals surface area contributed by atoms with Crippen molar-refractivity contribution in [3.8, 4) is 22.3 Å². The molecule has 0 N–H and O–H groups in total. The Bertz CT molecular complexity index is 955. The summed E-state index contributed by atoms with van der Waals surface area (Å²) in [6.45, 7) is 0. The predicted octanol–water partition coefficient (Wildman–Crippen LogP) is 6.30. The number of carbonyl (C=O) groups is 2. The topological polar surface area (TPSA) is 34.1 Å². The van der Waals surface area contributed by atoms with E-state index in [0.29, 0.717) is 17.0 Å². The van der Waals surface area contributed by atoms with Gasteiger partial charge in [-0.1, -0.05) is 79.6 Å². The molecule has 27 heavy (non-hydrogen) atoms. The van der Waals surface area contributed by atoms with E-state index < -0.39 is 0 Å². The van der Waals surface area contributed by atoms with E-state index >= 15 is 0 Å². The molecule has 2 heteroatoms. The Labute approximate surface area is 159 Å². The van der Waals surface area contributed by atoms with Gasteiger partial charge in [-0.05, 0) is 41.0 Å². The molecule has 1 aliphatic rings. The molecule has 0 aromatic heterocycles. The summed E-state index contributed by atoms with van der Waals surface area (Å²) in [5.41, 5.74) is 6.41.